The van der Waals surface area contributed by atoms with Gasteiger partial charge in [0, 0.05) is 0 Å². The maximum absolute atomic E-state index is 6.70. The van der Waals surface area contributed by atoms with E-state index >= 15 is 0 Å². The number of rotatable bonds is 3. The van der Waals surface area contributed by atoms with Crippen molar-refractivity contribution in [2.45, 2.75) is 48.1 Å². The Morgan fingerprint density at radius 1 is 0.710 bits per heavy atom. The second-order valence-corrected chi connectivity index (χ2v) is 12.7. The van der Waals surface area contributed by atoms with Crippen LogP contribution >= 0.6 is 0 Å². The zero-order valence-electron chi connectivity index (χ0n) is 19.5. The van der Waals surface area contributed by atoms with Gasteiger partial charge < -0.3 is 4.43 Å². The molecule has 0 atom stereocenters. The third-order valence-electron chi connectivity index (χ3n) is 6.48. The highest BCUT2D eigenvalue weighted by atomic mass is 28.3. The molecule has 1 aliphatic heterocycles. The van der Waals surface area contributed by atoms with Crippen molar-refractivity contribution in [2.75, 3.05) is 0 Å². The van der Waals surface area contributed by atoms with Gasteiger partial charge >= 0.3 is 0 Å². The fourth-order valence-electron chi connectivity index (χ4n) is 5.05. The van der Waals surface area contributed by atoms with Crippen LogP contribution in [0.25, 0.3) is 32.3 Å². The molecular weight excluding hydrogens is 392 g/mol. The van der Waals surface area contributed by atoms with Crippen LogP contribution in [0, 0.1) is 10.8 Å². The fraction of sp³-hybridized carbons (Fsp3) is 0.310. The Morgan fingerprint density at radius 3 is 1.97 bits per heavy atom. The summed E-state index contributed by atoms with van der Waals surface area (Å²) < 4.78 is 6.70. The largest absolute Gasteiger partial charge is 0.404 e. The minimum absolute atomic E-state index is 0.114. The summed E-state index contributed by atoms with van der Waals surface area (Å²) in [5, 5.41) is 9.52. The molecule has 0 bridgehead atoms. The smallest absolute Gasteiger partial charge is 0.272 e. The van der Waals surface area contributed by atoms with Crippen molar-refractivity contribution < 1.29 is 4.43 Å². The Balaban J connectivity index is 1.55. The summed E-state index contributed by atoms with van der Waals surface area (Å²) in [4.78, 5) is 0. The normalized spacial score (nSPS) is 15.9. The Labute approximate surface area is 187 Å². The van der Waals surface area contributed by atoms with Gasteiger partial charge in [0.15, 0.2) is 0 Å². The van der Waals surface area contributed by atoms with Crippen LogP contribution in [0.4, 0.5) is 0 Å². The van der Waals surface area contributed by atoms with E-state index in [0.29, 0.717) is 6.61 Å². The molecule has 1 radical (unpaired) electrons. The first-order valence-corrected chi connectivity index (χ1v) is 12.7. The number of hydrogen-bond donors (Lipinski definition) is 0. The summed E-state index contributed by atoms with van der Waals surface area (Å²) in [6, 6.07) is 20.1. The summed E-state index contributed by atoms with van der Waals surface area (Å²) in [5.41, 5.74) is 5.35. The fourth-order valence-corrected chi connectivity index (χ4v) is 7.55. The number of benzene rings is 4. The van der Waals surface area contributed by atoms with Gasteiger partial charge in [0.25, 0.3) is 9.04 Å². The van der Waals surface area contributed by atoms with E-state index in [1.54, 1.807) is 0 Å². The molecule has 1 aliphatic rings. The molecule has 0 saturated heterocycles. The molecule has 1 heterocycles. The maximum Gasteiger partial charge on any atom is 0.272 e. The summed E-state index contributed by atoms with van der Waals surface area (Å²) in [5.74, 6) is 0. The summed E-state index contributed by atoms with van der Waals surface area (Å²) in [7, 11) is -1.17. The van der Waals surface area contributed by atoms with E-state index in [9.17, 15) is 0 Å². The quantitative estimate of drug-likeness (QED) is 0.239. The predicted molar refractivity (Wildman–Crippen MR) is 136 cm³/mol. The highest BCUT2D eigenvalue weighted by Crippen LogP contribution is 2.43. The van der Waals surface area contributed by atoms with Gasteiger partial charge in [0.1, 0.15) is 0 Å². The van der Waals surface area contributed by atoms with Crippen LogP contribution in [0.2, 0.25) is 0 Å². The summed E-state index contributed by atoms with van der Waals surface area (Å²) >= 11 is 0. The first-order chi connectivity index (χ1) is 14.6. The summed E-state index contributed by atoms with van der Waals surface area (Å²) in [6.07, 6.45) is 2.33. The van der Waals surface area contributed by atoms with Crippen LogP contribution in [0.1, 0.15) is 47.1 Å². The monoisotopic (exact) mass is 423 g/mol. The van der Waals surface area contributed by atoms with Crippen LogP contribution in [0.15, 0.2) is 77.1 Å². The van der Waals surface area contributed by atoms with Crippen LogP contribution in [-0.2, 0) is 11.0 Å². The third-order valence-corrected chi connectivity index (χ3v) is 8.91. The molecule has 0 spiro atoms. The molecule has 0 unspecified atom stereocenters. The van der Waals surface area contributed by atoms with E-state index in [2.05, 4.69) is 108 Å². The van der Waals surface area contributed by atoms with Gasteiger partial charge in [-0.3, -0.25) is 0 Å². The van der Waals surface area contributed by atoms with Crippen LogP contribution in [0.5, 0.6) is 0 Å². The molecular formula is C29H31OSi. The molecule has 4 aromatic rings. The van der Waals surface area contributed by atoms with E-state index < -0.39 is 9.04 Å². The zero-order chi connectivity index (χ0) is 22.0. The second-order valence-electron chi connectivity index (χ2n) is 10.9. The molecule has 0 aliphatic carbocycles. The van der Waals surface area contributed by atoms with Gasteiger partial charge in [-0.25, -0.2) is 0 Å². The maximum atomic E-state index is 6.70. The lowest BCUT2D eigenvalue weighted by Crippen LogP contribution is -2.28. The number of hydrogen-bond acceptors (Lipinski definition) is 1. The van der Waals surface area contributed by atoms with Gasteiger partial charge in [-0.2, -0.15) is 0 Å². The molecule has 157 valence electrons. The first kappa shape index (κ1) is 20.5. The predicted octanol–water partition coefficient (Wildman–Crippen LogP) is 8.13. The minimum atomic E-state index is -1.17. The average molecular weight is 424 g/mol. The second kappa shape index (κ2) is 7.05. The van der Waals surface area contributed by atoms with Gasteiger partial charge in [-0.1, -0.05) is 108 Å². The van der Waals surface area contributed by atoms with Crippen LogP contribution < -0.4 is 0 Å². The number of allylic oxidation sites excluding steroid dienone is 3. The van der Waals surface area contributed by atoms with Crippen molar-refractivity contribution >= 4 is 41.4 Å². The van der Waals surface area contributed by atoms with Crippen molar-refractivity contribution in [3.63, 3.8) is 0 Å². The highest BCUT2D eigenvalue weighted by Gasteiger charge is 2.36. The molecule has 1 nitrogen and oxygen atoms in total. The minimum Gasteiger partial charge on any atom is -0.404 e. The van der Waals surface area contributed by atoms with Crippen molar-refractivity contribution in [2.24, 2.45) is 10.8 Å². The van der Waals surface area contributed by atoms with E-state index in [1.807, 2.05) is 0 Å². The molecule has 0 amide bonds. The molecule has 5 rings (SSSR count). The average Bonchev–Trinajstić information content (AvgIpc) is 3.16. The van der Waals surface area contributed by atoms with E-state index in [4.69, 9.17) is 4.43 Å². The van der Waals surface area contributed by atoms with Gasteiger partial charge in [-0.15, -0.1) is 0 Å². The lowest BCUT2D eigenvalue weighted by molar-refractivity contribution is 0.313. The molecule has 0 saturated carbocycles. The van der Waals surface area contributed by atoms with E-state index in [0.717, 1.165) is 0 Å². The standard InChI is InChI=1S/C29H31OSi/c1-28(2,3)24-16-17-31(27(24)29(4,5)6)30-18-22-13-12-21-11-10-19-8-7-9-20-14-15-23(22)26(21)25(19)20/h7-17H,18H2,1-6H3. The van der Waals surface area contributed by atoms with Gasteiger partial charge in [-0.05, 0) is 59.5 Å². The Morgan fingerprint density at radius 2 is 1.32 bits per heavy atom. The Kier molecular flexibility index (Phi) is 4.65. The molecule has 0 aromatic heterocycles. The Bertz CT molecular complexity index is 1330. The highest BCUT2D eigenvalue weighted by molar-refractivity contribution is 6.67. The van der Waals surface area contributed by atoms with Crippen molar-refractivity contribution in [1.29, 1.82) is 0 Å². The lowest BCUT2D eigenvalue weighted by atomic mass is 9.81. The topological polar surface area (TPSA) is 9.23 Å². The molecule has 31 heavy (non-hydrogen) atoms. The van der Waals surface area contributed by atoms with Crippen LogP contribution in [0.3, 0.4) is 0 Å². The summed E-state index contributed by atoms with van der Waals surface area (Å²) in [6.45, 7) is 14.6. The Hall–Kier alpha value is -2.42. The van der Waals surface area contributed by atoms with Crippen molar-refractivity contribution in [1.82, 2.24) is 0 Å². The van der Waals surface area contributed by atoms with E-state index in [1.165, 1.54) is 48.7 Å². The van der Waals surface area contributed by atoms with Gasteiger partial charge in [0.05, 0.1) is 6.61 Å². The van der Waals surface area contributed by atoms with E-state index in [-0.39, 0.29) is 10.8 Å². The molecule has 4 aromatic carbocycles. The molecule has 0 fully saturated rings. The van der Waals surface area contributed by atoms with Crippen molar-refractivity contribution in [3.8, 4) is 0 Å². The van der Waals surface area contributed by atoms with Gasteiger partial charge in [0.2, 0.25) is 0 Å². The van der Waals surface area contributed by atoms with Crippen molar-refractivity contribution in [3.05, 3.63) is 82.7 Å². The zero-order valence-corrected chi connectivity index (χ0v) is 20.5. The lowest BCUT2D eigenvalue weighted by Gasteiger charge is -2.31. The SMILES string of the molecule is CC(C)(C)C1=C(C(C)(C)C)[Si](OCc2ccc3ccc4cccc5ccc2c3c45)C=C1. The third kappa shape index (κ3) is 3.42. The molecule has 0 N–H and O–H groups in total. The first-order valence-electron chi connectivity index (χ1n) is 11.2. The van der Waals surface area contributed by atoms with Crippen LogP contribution in [-0.4, -0.2) is 9.04 Å². The molecule has 2 heteroatoms.